The van der Waals surface area contributed by atoms with Crippen LogP contribution in [0.15, 0.2) is 24.3 Å². The van der Waals surface area contributed by atoms with Crippen LogP contribution < -0.4 is 0 Å². The van der Waals surface area contributed by atoms with Crippen LogP contribution in [0.5, 0.6) is 0 Å². The molecule has 0 unspecified atom stereocenters. The summed E-state index contributed by atoms with van der Waals surface area (Å²) in [5.41, 5.74) is 0.655. The Hall–Kier alpha value is -0.420. The number of Topliss-reactive ketones (excluding diaryl/α,β-unsaturated/α-hetero) is 1. The number of aliphatic hydroxyl groups excluding tert-OH is 1. The minimum atomic E-state index is -0.970. The van der Waals surface area contributed by atoms with Crippen LogP contribution >= 0.6 is 22.6 Å². The van der Waals surface area contributed by atoms with Gasteiger partial charge in [-0.05, 0) is 47.2 Å². The fourth-order valence-electron chi connectivity index (χ4n) is 0.880. The van der Waals surface area contributed by atoms with Gasteiger partial charge in [-0.2, -0.15) is 0 Å². The Kier molecular flexibility index (Phi) is 3.22. The molecule has 3 heteroatoms. The maximum absolute atomic E-state index is 10.8. The molecule has 0 aliphatic heterocycles. The van der Waals surface area contributed by atoms with Crippen LogP contribution in [-0.4, -0.2) is 10.9 Å². The molecule has 0 aliphatic carbocycles. The minimum Gasteiger partial charge on any atom is -0.381 e. The molecule has 0 saturated heterocycles. The van der Waals surface area contributed by atoms with Gasteiger partial charge in [0.15, 0.2) is 5.78 Å². The first kappa shape index (κ1) is 9.67. The Morgan fingerprint density at radius 1 is 1.42 bits per heavy atom. The quantitative estimate of drug-likeness (QED) is 0.838. The van der Waals surface area contributed by atoms with Crippen molar-refractivity contribution in [1.82, 2.24) is 0 Å². The van der Waals surface area contributed by atoms with Gasteiger partial charge in [0.05, 0.1) is 0 Å². The van der Waals surface area contributed by atoms with Crippen molar-refractivity contribution < 1.29 is 9.90 Å². The van der Waals surface area contributed by atoms with Crippen LogP contribution in [0, 0.1) is 3.57 Å². The second kappa shape index (κ2) is 4.00. The second-order valence-electron chi connectivity index (χ2n) is 2.56. The summed E-state index contributed by atoms with van der Waals surface area (Å²) in [7, 11) is 0. The first-order valence-electron chi connectivity index (χ1n) is 3.55. The van der Waals surface area contributed by atoms with Crippen LogP contribution in [0.25, 0.3) is 0 Å². The van der Waals surface area contributed by atoms with Gasteiger partial charge in [0.25, 0.3) is 0 Å². The van der Waals surface area contributed by atoms with E-state index < -0.39 is 6.10 Å². The number of aliphatic hydroxyl groups is 1. The Morgan fingerprint density at radius 3 is 2.33 bits per heavy atom. The number of carbonyl (C=O) groups is 1. The molecule has 0 bridgehead atoms. The molecule has 12 heavy (non-hydrogen) atoms. The van der Waals surface area contributed by atoms with E-state index in [0.29, 0.717) is 5.56 Å². The summed E-state index contributed by atoms with van der Waals surface area (Å²) in [6, 6.07) is 7.24. The number of benzene rings is 1. The second-order valence-corrected chi connectivity index (χ2v) is 3.81. The zero-order valence-electron chi connectivity index (χ0n) is 6.62. The first-order valence-corrected chi connectivity index (χ1v) is 4.63. The topological polar surface area (TPSA) is 37.3 Å². The lowest BCUT2D eigenvalue weighted by atomic mass is 10.1. The number of rotatable bonds is 2. The lowest BCUT2D eigenvalue weighted by Crippen LogP contribution is -2.06. The highest BCUT2D eigenvalue weighted by Gasteiger charge is 2.11. The lowest BCUT2D eigenvalue weighted by Gasteiger charge is -2.05. The number of halogens is 1. The molecular formula is C9H9IO2. The molecule has 0 aromatic heterocycles. The van der Waals surface area contributed by atoms with Crippen LogP contribution in [0.3, 0.4) is 0 Å². The summed E-state index contributed by atoms with van der Waals surface area (Å²) >= 11 is 2.17. The Balaban J connectivity index is 2.89. The number of ketones is 1. The number of hydrogen-bond donors (Lipinski definition) is 1. The Morgan fingerprint density at radius 2 is 1.92 bits per heavy atom. The molecule has 1 atom stereocenters. The van der Waals surface area contributed by atoms with E-state index in [4.69, 9.17) is 0 Å². The molecule has 0 saturated carbocycles. The van der Waals surface area contributed by atoms with E-state index in [0.717, 1.165) is 3.57 Å². The van der Waals surface area contributed by atoms with Crippen molar-refractivity contribution in [2.75, 3.05) is 0 Å². The largest absolute Gasteiger partial charge is 0.381 e. The molecule has 1 rings (SSSR count). The standard InChI is InChI=1S/C9H9IO2/c1-6(11)9(12)7-2-4-8(10)5-3-7/h2-5,9,12H,1H3/t9-/m0/s1. The van der Waals surface area contributed by atoms with Crippen LogP contribution in [0.2, 0.25) is 0 Å². The van der Waals surface area contributed by atoms with E-state index >= 15 is 0 Å². The monoisotopic (exact) mass is 276 g/mol. The van der Waals surface area contributed by atoms with Crippen LogP contribution in [0.4, 0.5) is 0 Å². The summed E-state index contributed by atoms with van der Waals surface area (Å²) in [5, 5.41) is 9.34. The van der Waals surface area contributed by atoms with Crippen molar-refractivity contribution in [2.45, 2.75) is 13.0 Å². The predicted octanol–water partition coefficient (Wildman–Crippen LogP) is 1.91. The molecule has 0 heterocycles. The highest BCUT2D eigenvalue weighted by atomic mass is 127. The van der Waals surface area contributed by atoms with Gasteiger partial charge in [0.2, 0.25) is 0 Å². The highest BCUT2D eigenvalue weighted by molar-refractivity contribution is 14.1. The van der Waals surface area contributed by atoms with Gasteiger partial charge in [-0.3, -0.25) is 4.79 Å². The van der Waals surface area contributed by atoms with E-state index in [1.807, 2.05) is 12.1 Å². The van der Waals surface area contributed by atoms with Crippen molar-refractivity contribution in [1.29, 1.82) is 0 Å². The summed E-state index contributed by atoms with van der Waals surface area (Å²) in [6.07, 6.45) is -0.970. The third kappa shape index (κ3) is 2.28. The molecule has 0 spiro atoms. The fourth-order valence-corrected chi connectivity index (χ4v) is 1.24. The Labute approximate surface area is 84.7 Å². The zero-order valence-corrected chi connectivity index (χ0v) is 8.78. The van der Waals surface area contributed by atoms with Gasteiger partial charge >= 0.3 is 0 Å². The van der Waals surface area contributed by atoms with Gasteiger partial charge in [-0.25, -0.2) is 0 Å². The fraction of sp³-hybridized carbons (Fsp3) is 0.222. The van der Waals surface area contributed by atoms with Gasteiger partial charge in [-0.15, -0.1) is 0 Å². The van der Waals surface area contributed by atoms with Gasteiger partial charge in [-0.1, -0.05) is 12.1 Å². The van der Waals surface area contributed by atoms with E-state index in [2.05, 4.69) is 22.6 Å². The van der Waals surface area contributed by atoms with Crippen molar-refractivity contribution in [3.05, 3.63) is 33.4 Å². The first-order chi connectivity index (χ1) is 5.61. The predicted molar refractivity (Wildman–Crippen MR) is 54.8 cm³/mol. The number of hydrogen-bond acceptors (Lipinski definition) is 2. The lowest BCUT2D eigenvalue weighted by molar-refractivity contribution is -0.125. The van der Waals surface area contributed by atoms with Crippen molar-refractivity contribution in [2.24, 2.45) is 0 Å². The molecule has 1 N–H and O–H groups in total. The summed E-state index contributed by atoms with van der Waals surface area (Å²) < 4.78 is 1.09. The van der Waals surface area contributed by atoms with E-state index in [1.165, 1.54) is 6.92 Å². The molecule has 2 nitrogen and oxygen atoms in total. The van der Waals surface area contributed by atoms with Gasteiger partial charge in [0, 0.05) is 3.57 Å². The van der Waals surface area contributed by atoms with Gasteiger partial charge < -0.3 is 5.11 Å². The molecular weight excluding hydrogens is 267 g/mol. The SMILES string of the molecule is CC(=O)[C@H](O)c1ccc(I)cc1. The van der Waals surface area contributed by atoms with Crippen LogP contribution in [-0.2, 0) is 4.79 Å². The Bertz CT molecular complexity index is 279. The maximum Gasteiger partial charge on any atom is 0.162 e. The summed E-state index contributed by atoms with van der Waals surface area (Å²) in [6.45, 7) is 1.38. The molecule has 0 amide bonds. The maximum atomic E-state index is 10.8. The third-order valence-electron chi connectivity index (χ3n) is 1.57. The molecule has 0 fully saturated rings. The van der Waals surface area contributed by atoms with Crippen molar-refractivity contribution >= 4 is 28.4 Å². The molecule has 1 aromatic rings. The smallest absolute Gasteiger partial charge is 0.162 e. The summed E-state index contributed by atoms with van der Waals surface area (Å²) in [4.78, 5) is 10.8. The normalized spacial score (nSPS) is 12.6. The minimum absolute atomic E-state index is 0.226. The summed E-state index contributed by atoms with van der Waals surface area (Å²) in [5.74, 6) is -0.226. The van der Waals surface area contributed by atoms with Gasteiger partial charge in [0.1, 0.15) is 6.10 Å². The third-order valence-corrected chi connectivity index (χ3v) is 2.29. The molecule has 0 aliphatic rings. The molecule has 0 radical (unpaired) electrons. The van der Waals surface area contributed by atoms with Crippen LogP contribution in [0.1, 0.15) is 18.6 Å². The van der Waals surface area contributed by atoms with Crippen molar-refractivity contribution in [3.63, 3.8) is 0 Å². The average molecular weight is 276 g/mol. The van der Waals surface area contributed by atoms with E-state index in [-0.39, 0.29) is 5.78 Å². The van der Waals surface area contributed by atoms with E-state index in [9.17, 15) is 9.90 Å². The average Bonchev–Trinajstić information content (AvgIpc) is 2.04. The molecule has 64 valence electrons. The van der Waals surface area contributed by atoms with E-state index in [1.54, 1.807) is 12.1 Å². The highest BCUT2D eigenvalue weighted by Crippen LogP contribution is 2.15. The molecule has 1 aromatic carbocycles. The van der Waals surface area contributed by atoms with Crippen molar-refractivity contribution in [3.8, 4) is 0 Å². The zero-order chi connectivity index (χ0) is 9.14. The number of carbonyl (C=O) groups excluding carboxylic acids is 1.